The molecule has 2 aromatic heterocycles. The third-order valence-electron chi connectivity index (χ3n) is 4.91. The number of aromatic nitrogens is 4. The molecule has 4 rings (SSSR count). The second kappa shape index (κ2) is 7.40. The van der Waals surface area contributed by atoms with E-state index < -0.39 is 0 Å². The largest absolute Gasteiger partial charge is 0.497 e. The Hall–Kier alpha value is -2.87. The first-order chi connectivity index (χ1) is 13.1. The minimum atomic E-state index is 0.0631. The standard InChI is InChI=1S/C19H24N6O2/c1-12(13-5-3-6-14(9-13)26-2)16-10-17-22-19(23-18(20)25(17)24-16)27-15-7-4-8-21-11-15/h3,5-6,9-10,12,15,21H,4,7-8,11H2,1-2H3,(H2,20,22,23)/t12-,15+/m0/s1. The molecule has 3 aromatic rings. The maximum Gasteiger partial charge on any atom is 0.322 e. The number of fused-ring (bicyclic) bond motifs is 1. The summed E-state index contributed by atoms with van der Waals surface area (Å²) in [4.78, 5) is 8.76. The van der Waals surface area contributed by atoms with Crippen LogP contribution in [0.1, 0.15) is 36.9 Å². The molecule has 0 spiro atoms. The van der Waals surface area contributed by atoms with Gasteiger partial charge in [-0.25, -0.2) is 0 Å². The minimum absolute atomic E-state index is 0.0631. The van der Waals surface area contributed by atoms with Gasteiger partial charge < -0.3 is 20.5 Å². The van der Waals surface area contributed by atoms with Gasteiger partial charge in [0.2, 0.25) is 5.95 Å². The molecule has 1 saturated heterocycles. The Kier molecular flexibility index (Phi) is 4.81. The summed E-state index contributed by atoms with van der Waals surface area (Å²) < 4.78 is 12.8. The summed E-state index contributed by atoms with van der Waals surface area (Å²) in [6.45, 7) is 3.91. The number of methoxy groups -OCH3 is 1. The molecule has 3 N–H and O–H groups in total. The van der Waals surface area contributed by atoms with Crippen LogP contribution in [0.5, 0.6) is 11.8 Å². The average Bonchev–Trinajstić information content (AvgIpc) is 3.13. The van der Waals surface area contributed by atoms with Crippen molar-refractivity contribution in [3.05, 3.63) is 41.6 Å². The van der Waals surface area contributed by atoms with E-state index >= 15 is 0 Å². The normalized spacial score (nSPS) is 18.4. The van der Waals surface area contributed by atoms with E-state index in [9.17, 15) is 0 Å². The summed E-state index contributed by atoms with van der Waals surface area (Å²) >= 11 is 0. The van der Waals surface area contributed by atoms with Crippen molar-refractivity contribution in [1.82, 2.24) is 24.9 Å². The van der Waals surface area contributed by atoms with Crippen LogP contribution in [-0.4, -0.2) is 45.9 Å². The van der Waals surface area contributed by atoms with Crippen molar-refractivity contribution < 1.29 is 9.47 Å². The second-order valence-electron chi connectivity index (χ2n) is 6.79. The van der Waals surface area contributed by atoms with Crippen molar-refractivity contribution in [1.29, 1.82) is 0 Å². The van der Waals surface area contributed by atoms with Crippen molar-refractivity contribution in [2.24, 2.45) is 0 Å². The molecular formula is C19H24N6O2. The molecule has 8 nitrogen and oxygen atoms in total. The van der Waals surface area contributed by atoms with Crippen LogP contribution in [0.15, 0.2) is 30.3 Å². The van der Waals surface area contributed by atoms with Crippen LogP contribution in [0, 0.1) is 0 Å². The number of nitrogen functional groups attached to an aromatic ring is 1. The molecule has 0 aliphatic carbocycles. The summed E-state index contributed by atoms with van der Waals surface area (Å²) in [5.41, 5.74) is 8.69. The molecule has 142 valence electrons. The molecule has 27 heavy (non-hydrogen) atoms. The molecule has 0 unspecified atom stereocenters. The number of nitrogens with zero attached hydrogens (tertiary/aromatic N) is 4. The molecule has 1 fully saturated rings. The zero-order valence-electron chi connectivity index (χ0n) is 15.6. The fraction of sp³-hybridized carbons (Fsp3) is 0.421. The van der Waals surface area contributed by atoms with Gasteiger partial charge in [-0.2, -0.15) is 19.6 Å². The second-order valence-corrected chi connectivity index (χ2v) is 6.79. The number of nitrogens with one attached hydrogen (secondary N) is 1. The summed E-state index contributed by atoms with van der Waals surface area (Å²) in [7, 11) is 1.66. The van der Waals surface area contributed by atoms with Crippen molar-refractivity contribution in [2.45, 2.75) is 31.8 Å². The Morgan fingerprint density at radius 3 is 2.96 bits per heavy atom. The maximum atomic E-state index is 6.09. The predicted molar refractivity (Wildman–Crippen MR) is 102 cm³/mol. The first kappa shape index (κ1) is 17.5. The number of rotatable bonds is 5. The number of hydrogen-bond acceptors (Lipinski definition) is 7. The van der Waals surface area contributed by atoms with Gasteiger partial charge in [0.25, 0.3) is 0 Å². The van der Waals surface area contributed by atoms with E-state index in [0.717, 1.165) is 42.9 Å². The van der Waals surface area contributed by atoms with Crippen LogP contribution in [0.4, 0.5) is 5.95 Å². The Morgan fingerprint density at radius 2 is 2.19 bits per heavy atom. The predicted octanol–water partition coefficient (Wildman–Crippen LogP) is 2.00. The van der Waals surface area contributed by atoms with Gasteiger partial charge in [-0.3, -0.25) is 0 Å². The van der Waals surface area contributed by atoms with Crippen LogP contribution >= 0.6 is 0 Å². The topological polar surface area (TPSA) is 99.6 Å². The van der Waals surface area contributed by atoms with E-state index in [2.05, 4.69) is 33.4 Å². The molecule has 0 amide bonds. The first-order valence-electron chi connectivity index (χ1n) is 9.18. The van der Waals surface area contributed by atoms with Crippen molar-refractivity contribution in [3.63, 3.8) is 0 Å². The summed E-state index contributed by atoms with van der Waals surface area (Å²) in [6, 6.07) is 10.2. The SMILES string of the molecule is COc1cccc([C@H](C)c2cc3nc(O[C@@H]4CCCNC4)nc(N)n3n2)c1. The van der Waals surface area contributed by atoms with Crippen LogP contribution < -0.4 is 20.5 Å². The minimum Gasteiger partial charge on any atom is -0.497 e. The Balaban J connectivity index is 1.62. The highest BCUT2D eigenvalue weighted by Crippen LogP contribution is 2.27. The van der Waals surface area contributed by atoms with Gasteiger partial charge in [0.1, 0.15) is 11.9 Å². The highest BCUT2D eigenvalue weighted by Gasteiger charge is 2.19. The van der Waals surface area contributed by atoms with E-state index in [1.165, 1.54) is 0 Å². The number of piperidine rings is 1. The smallest absolute Gasteiger partial charge is 0.322 e. The Morgan fingerprint density at radius 1 is 1.30 bits per heavy atom. The Labute approximate surface area is 157 Å². The summed E-state index contributed by atoms with van der Waals surface area (Å²) in [5.74, 6) is 1.15. The highest BCUT2D eigenvalue weighted by atomic mass is 16.5. The first-order valence-corrected chi connectivity index (χ1v) is 9.18. The van der Waals surface area contributed by atoms with Crippen molar-refractivity contribution in [2.75, 3.05) is 25.9 Å². The number of anilines is 1. The lowest BCUT2D eigenvalue weighted by Gasteiger charge is -2.22. The van der Waals surface area contributed by atoms with E-state index in [4.69, 9.17) is 15.2 Å². The van der Waals surface area contributed by atoms with Gasteiger partial charge in [0.15, 0.2) is 5.65 Å². The van der Waals surface area contributed by atoms with E-state index in [1.807, 2.05) is 24.3 Å². The molecule has 1 aliphatic rings. The zero-order valence-corrected chi connectivity index (χ0v) is 15.6. The third-order valence-corrected chi connectivity index (χ3v) is 4.91. The number of benzene rings is 1. The molecule has 3 heterocycles. The lowest BCUT2D eigenvalue weighted by molar-refractivity contribution is 0.153. The van der Waals surface area contributed by atoms with Gasteiger partial charge in [-0.1, -0.05) is 19.1 Å². The molecular weight excluding hydrogens is 344 g/mol. The van der Waals surface area contributed by atoms with Gasteiger partial charge in [-0.05, 0) is 37.1 Å². The molecule has 1 aromatic carbocycles. The molecule has 1 aliphatic heterocycles. The monoisotopic (exact) mass is 368 g/mol. The van der Waals surface area contributed by atoms with E-state index in [-0.39, 0.29) is 18.0 Å². The highest BCUT2D eigenvalue weighted by molar-refractivity contribution is 5.47. The molecule has 0 saturated carbocycles. The fourth-order valence-corrected chi connectivity index (χ4v) is 3.32. The van der Waals surface area contributed by atoms with Crippen LogP contribution in [0.2, 0.25) is 0 Å². The number of hydrogen-bond donors (Lipinski definition) is 2. The molecule has 2 atom stereocenters. The Bertz CT molecular complexity index is 935. The van der Waals surface area contributed by atoms with E-state index in [0.29, 0.717) is 11.7 Å². The van der Waals surface area contributed by atoms with Crippen LogP contribution in [-0.2, 0) is 0 Å². The lowest BCUT2D eigenvalue weighted by atomic mass is 9.98. The quantitative estimate of drug-likeness (QED) is 0.710. The van der Waals surface area contributed by atoms with E-state index in [1.54, 1.807) is 11.6 Å². The van der Waals surface area contributed by atoms with Gasteiger partial charge in [0, 0.05) is 18.5 Å². The third kappa shape index (κ3) is 3.66. The molecule has 8 heteroatoms. The zero-order chi connectivity index (χ0) is 18.8. The fourth-order valence-electron chi connectivity index (χ4n) is 3.32. The summed E-state index contributed by atoms with van der Waals surface area (Å²) in [5, 5.41) is 7.90. The van der Waals surface area contributed by atoms with Crippen LogP contribution in [0.3, 0.4) is 0 Å². The van der Waals surface area contributed by atoms with Crippen molar-refractivity contribution in [3.8, 4) is 11.8 Å². The van der Waals surface area contributed by atoms with Crippen molar-refractivity contribution >= 4 is 11.6 Å². The lowest BCUT2D eigenvalue weighted by Crippen LogP contribution is -2.37. The number of ether oxygens (including phenoxy) is 2. The molecule has 0 bridgehead atoms. The van der Waals surface area contributed by atoms with Gasteiger partial charge >= 0.3 is 6.01 Å². The van der Waals surface area contributed by atoms with Crippen LogP contribution in [0.25, 0.3) is 5.65 Å². The maximum absolute atomic E-state index is 6.09. The molecule has 0 radical (unpaired) electrons. The summed E-state index contributed by atoms with van der Waals surface area (Å²) in [6.07, 6.45) is 2.13. The average molecular weight is 368 g/mol. The van der Waals surface area contributed by atoms with Gasteiger partial charge in [0.05, 0.1) is 12.8 Å². The number of nitrogens with two attached hydrogens (primary N) is 1. The van der Waals surface area contributed by atoms with Gasteiger partial charge in [-0.15, -0.1) is 0 Å².